The van der Waals surface area contributed by atoms with Gasteiger partial charge in [-0.3, -0.25) is 0 Å². The normalized spacial score (nSPS) is 21.3. The molecule has 9 heteroatoms. The number of esters is 4. The van der Waals surface area contributed by atoms with E-state index < -0.39 is 48.3 Å². The summed E-state index contributed by atoms with van der Waals surface area (Å²) in [5.41, 5.74) is 0. The molecule has 1 N–H and O–H groups in total. The molecule has 1 aliphatic heterocycles. The molecule has 24 heavy (non-hydrogen) atoms. The van der Waals surface area contributed by atoms with E-state index in [4.69, 9.17) is 5.11 Å². The second-order valence-electron chi connectivity index (χ2n) is 4.44. The molecule has 0 aromatic carbocycles. The van der Waals surface area contributed by atoms with Gasteiger partial charge in [0.1, 0.15) is 6.10 Å². The van der Waals surface area contributed by atoms with Gasteiger partial charge >= 0.3 is 23.9 Å². The van der Waals surface area contributed by atoms with Crippen LogP contribution in [0.2, 0.25) is 0 Å². The summed E-state index contributed by atoms with van der Waals surface area (Å²) in [4.78, 5) is 42.7. The van der Waals surface area contributed by atoms with E-state index in [2.05, 4.69) is 18.9 Å². The zero-order valence-corrected chi connectivity index (χ0v) is 15.0. The first kappa shape index (κ1) is 24.1. The molecule has 0 radical (unpaired) electrons. The Morgan fingerprint density at radius 3 is 1.67 bits per heavy atom. The Bertz CT molecular complexity index is 411. The van der Waals surface area contributed by atoms with Crippen molar-refractivity contribution in [3.05, 3.63) is 0 Å². The van der Waals surface area contributed by atoms with Gasteiger partial charge in [0.2, 0.25) is 0 Å². The summed E-state index contributed by atoms with van der Waals surface area (Å²) in [6, 6.07) is 0. The maximum atomic E-state index is 10.7. The quantitative estimate of drug-likeness (QED) is 0.567. The highest BCUT2D eigenvalue weighted by Gasteiger charge is 2.32. The minimum Gasteiger partial charge on any atom is -0.466 e. The van der Waals surface area contributed by atoms with Crippen molar-refractivity contribution < 1.29 is 43.2 Å². The zero-order valence-electron chi connectivity index (χ0n) is 15.0. The number of aliphatic hydroxyl groups excluding tert-OH is 1. The van der Waals surface area contributed by atoms with Crippen molar-refractivity contribution in [2.24, 2.45) is 0 Å². The van der Waals surface area contributed by atoms with Gasteiger partial charge in [0.25, 0.3) is 0 Å². The van der Waals surface area contributed by atoms with E-state index in [9.17, 15) is 19.2 Å². The number of cyclic esters (lactones) is 2. The fourth-order valence-electron chi connectivity index (χ4n) is 1.12. The van der Waals surface area contributed by atoms with Gasteiger partial charge in [0.15, 0.2) is 18.3 Å². The highest BCUT2D eigenvalue weighted by Crippen LogP contribution is 2.08. The van der Waals surface area contributed by atoms with Crippen LogP contribution in [0.5, 0.6) is 0 Å². The summed E-state index contributed by atoms with van der Waals surface area (Å²) in [6.45, 7) is 9.58. The van der Waals surface area contributed by atoms with Gasteiger partial charge < -0.3 is 24.1 Å². The molecule has 0 aromatic heterocycles. The van der Waals surface area contributed by atoms with Gasteiger partial charge in [-0.05, 0) is 27.7 Å². The second kappa shape index (κ2) is 12.3. The first-order valence-electron chi connectivity index (χ1n) is 7.47. The van der Waals surface area contributed by atoms with Crippen LogP contribution in [0.25, 0.3) is 0 Å². The summed E-state index contributed by atoms with van der Waals surface area (Å²) >= 11 is 0. The van der Waals surface area contributed by atoms with Crippen molar-refractivity contribution in [1.82, 2.24) is 0 Å². The number of aliphatic hydroxyl groups is 1. The van der Waals surface area contributed by atoms with Gasteiger partial charge in [-0.1, -0.05) is 13.8 Å². The first-order chi connectivity index (χ1) is 11.1. The van der Waals surface area contributed by atoms with Crippen LogP contribution < -0.4 is 0 Å². The smallest absolute Gasteiger partial charge is 0.347 e. The Labute approximate surface area is 141 Å². The number of ether oxygens (including phenoxy) is 4. The van der Waals surface area contributed by atoms with E-state index in [1.54, 1.807) is 0 Å². The van der Waals surface area contributed by atoms with E-state index >= 15 is 0 Å². The Hall–Kier alpha value is -2.16. The number of hydrogen-bond donors (Lipinski definition) is 1. The van der Waals surface area contributed by atoms with Crippen LogP contribution in [-0.4, -0.2) is 60.5 Å². The predicted octanol–water partition coefficient (Wildman–Crippen LogP) is 0.362. The van der Waals surface area contributed by atoms with Gasteiger partial charge in [-0.15, -0.1) is 0 Å². The molecular formula is C15H26O9. The lowest BCUT2D eigenvalue weighted by atomic mass is 10.3. The fourth-order valence-corrected chi connectivity index (χ4v) is 1.12. The summed E-state index contributed by atoms with van der Waals surface area (Å²) in [7, 11) is 1.19. The van der Waals surface area contributed by atoms with Crippen LogP contribution in [0.3, 0.4) is 0 Å². The summed E-state index contributed by atoms with van der Waals surface area (Å²) < 4.78 is 18.0. The Balaban J connectivity index is 0. The molecule has 0 aliphatic carbocycles. The van der Waals surface area contributed by atoms with Crippen molar-refractivity contribution in [1.29, 1.82) is 0 Å². The van der Waals surface area contributed by atoms with Crippen LogP contribution >= 0.6 is 0 Å². The predicted molar refractivity (Wildman–Crippen MR) is 81.7 cm³/mol. The average molecular weight is 350 g/mol. The third-order valence-electron chi connectivity index (χ3n) is 2.42. The van der Waals surface area contributed by atoms with Gasteiger partial charge in [-0.2, -0.15) is 0 Å². The molecule has 0 amide bonds. The van der Waals surface area contributed by atoms with E-state index in [1.165, 1.54) is 34.8 Å². The van der Waals surface area contributed by atoms with Crippen molar-refractivity contribution in [3.63, 3.8) is 0 Å². The molecule has 140 valence electrons. The maximum Gasteiger partial charge on any atom is 0.347 e. The first-order valence-corrected chi connectivity index (χ1v) is 7.47. The monoisotopic (exact) mass is 350 g/mol. The number of carbonyl (C=O) groups is 4. The summed E-state index contributed by atoms with van der Waals surface area (Å²) in [5, 5.41) is 8.70. The largest absolute Gasteiger partial charge is 0.466 e. The third-order valence-corrected chi connectivity index (χ3v) is 2.42. The SMILES string of the molecule is CC.CC1OC(=O)C(C)OC1=O.COC(=O)C(C)OC(=O)C(C)O. The van der Waals surface area contributed by atoms with Crippen molar-refractivity contribution in [2.45, 2.75) is 66.0 Å². The molecule has 1 rings (SSSR count). The van der Waals surface area contributed by atoms with Crippen molar-refractivity contribution in [3.8, 4) is 0 Å². The summed E-state index contributed by atoms with van der Waals surface area (Å²) in [5.74, 6) is -2.45. The molecule has 0 spiro atoms. The Morgan fingerprint density at radius 1 is 1.00 bits per heavy atom. The van der Waals surface area contributed by atoms with Crippen LogP contribution in [0.1, 0.15) is 41.5 Å². The van der Waals surface area contributed by atoms with Crippen LogP contribution in [0.15, 0.2) is 0 Å². The molecule has 0 saturated carbocycles. The van der Waals surface area contributed by atoms with Gasteiger partial charge in [-0.25, -0.2) is 19.2 Å². The second-order valence-corrected chi connectivity index (χ2v) is 4.44. The Morgan fingerprint density at radius 2 is 1.38 bits per heavy atom. The number of hydrogen-bond acceptors (Lipinski definition) is 9. The lowest BCUT2D eigenvalue weighted by molar-refractivity contribution is -0.191. The van der Waals surface area contributed by atoms with Crippen LogP contribution in [0, 0.1) is 0 Å². The Kier molecular flexibility index (Phi) is 12.3. The molecule has 1 saturated heterocycles. The topological polar surface area (TPSA) is 125 Å². The van der Waals surface area contributed by atoms with E-state index in [-0.39, 0.29) is 0 Å². The molecule has 4 atom stereocenters. The van der Waals surface area contributed by atoms with Crippen LogP contribution in [0.4, 0.5) is 0 Å². The lowest BCUT2D eigenvalue weighted by Gasteiger charge is -2.22. The highest BCUT2D eigenvalue weighted by atomic mass is 16.6. The number of methoxy groups -OCH3 is 1. The molecule has 1 aliphatic rings. The molecule has 1 fully saturated rings. The minimum atomic E-state index is -1.22. The van der Waals surface area contributed by atoms with Gasteiger partial charge in [0, 0.05) is 0 Å². The lowest BCUT2D eigenvalue weighted by Crippen LogP contribution is -2.40. The zero-order chi connectivity index (χ0) is 19.4. The molecule has 1 heterocycles. The van der Waals surface area contributed by atoms with Crippen molar-refractivity contribution in [2.75, 3.05) is 7.11 Å². The van der Waals surface area contributed by atoms with E-state index in [0.29, 0.717) is 0 Å². The maximum absolute atomic E-state index is 10.7. The van der Waals surface area contributed by atoms with Crippen LogP contribution in [-0.2, 0) is 38.1 Å². The fraction of sp³-hybridized carbons (Fsp3) is 0.733. The molecule has 9 nitrogen and oxygen atoms in total. The van der Waals surface area contributed by atoms with Gasteiger partial charge in [0.05, 0.1) is 7.11 Å². The highest BCUT2D eigenvalue weighted by molar-refractivity contribution is 5.86. The molecule has 0 bridgehead atoms. The average Bonchev–Trinajstić information content (AvgIpc) is 2.54. The number of carbonyl (C=O) groups excluding carboxylic acids is 4. The van der Waals surface area contributed by atoms with E-state index in [0.717, 1.165) is 0 Å². The molecule has 0 aromatic rings. The summed E-state index contributed by atoms with van der Waals surface area (Å²) in [6.07, 6.45) is -3.69. The molecular weight excluding hydrogens is 324 g/mol. The number of rotatable bonds is 3. The standard InChI is InChI=1S/C7H12O5.C6H8O4.C2H6/c1-4(8)6(9)12-5(2)7(10)11-3;1-3-5(7)10-4(2)6(8)9-3;1-2/h4-5,8H,1-3H3;3-4H,1-2H3;1-2H3. The third kappa shape index (κ3) is 9.09. The minimum absolute atomic E-state index is 0.480. The van der Waals surface area contributed by atoms with E-state index in [1.807, 2.05) is 13.8 Å². The van der Waals surface area contributed by atoms with Crippen molar-refractivity contribution >= 4 is 23.9 Å². The molecule has 4 unspecified atom stereocenters.